The summed E-state index contributed by atoms with van der Waals surface area (Å²) in [4.78, 5) is 19.7. The Hall–Kier alpha value is -4.58. The van der Waals surface area contributed by atoms with Gasteiger partial charge in [-0.3, -0.25) is 0 Å². The van der Waals surface area contributed by atoms with E-state index >= 15 is 0 Å². The largest absolute Gasteiger partial charge is 0.497 e. The first-order chi connectivity index (χ1) is 20.9. The molecule has 4 N–H and O–H groups in total. The summed E-state index contributed by atoms with van der Waals surface area (Å²) in [5, 5.41) is 5.38. The molecule has 0 aliphatic heterocycles. The lowest BCUT2D eigenvalue weighted by molar-refractivity contribution is 0.143. The van der Waals surface area contributed by atoms with Crippen LogP contribution in [0.5, 0.6) is 11.5 Å². The molecule has 4 aromatic carbocycles. The molecule has 0 aromatic heterocycles. The van der Waals surface area contributed by atoms with Crippen LogP contribution < -0.4 is 20.3 Å². The summed E-state index contributed by atoms with van der Waals surface area (Å²) in [5.41, 5.74) is 9.64. The highest BCUT2D eigenvalue weighted by atomic mass is 32.2. The number of nitrogens with two attached hydrogens (primary N) is 2. The Bertz CT molecular complexity index is 1770. The number of amidine groups is 1. The van der Waals surface area contributed by atoms with Crippen molar-refractivity contribution in [3.63, 3.8) is 0 Å². The summed E-state index contributed by atoms with van der Waals surface area (Å²) in [7, 11) is -2.32. The van der Waals surface area contributed by atoms with Crippen LogP contribution in [-0.4, -0.2) is 43.9 Å². The molecule has 0 aliphatic carbocycles. The number of benzene rings is 4. The van der Waals surface area contributed by atoms with Gasteiger partial charge in [0, 0.05) is 29.8 Å². The topological polar surface area (TPSA) is 137 Å². The molecule has 44 heavy (non-hydrogen) atoms. The summed E-state index contributed by atoms with van der Waals surface area (Å²) in [6.07, 6.45) is -0.524. The van der Waals surface area contributed by atoms with Crippen molar-refractivity contribution >= 4 is 39.2 Å². The van der Waals surface area contributed by atoms with Crippen LogP contribution >= 0.6 is 12.2 Å². The lowest BCUT2D eigenvalue weighted by atomic mass is 10.1. The third kappa shape index (κ3) is 8.50. The van der Waals surface area contributed by atoms with Gasteiger partial charge in [0.05, 0.1) is 12.0 Å². The van der Waals surface area contributed by atoms with E-state index in [9.17, 15) is 13.2 Å². The first-order valence-corrected chi connectivity index (χ1v) is 15.7. The zero-order valence-corrected chi connectivity index (χ0v) is 26.3. The standard InChI is InChI=1S/C33H34N4O5S2/c1-22(2)20-37(33(38)42-28-17-11-24(12-18-28)29-9-4-5-10-30(29)44(35,39)40)21-23-7-6-8-26(19-23)31(34)36-32(43)25-13-15-27(41-3)16-14-25/h4-19,22H,20-21H2,1-3H3,(H2,34,36,43)(H2,35,39,40). The van der Waals surface area contributed by atoms with E-state index < -0.39 is 16.1 Å². The summed E-state index contributed by atoms with van der Waals surface area (Å²) >= 11 is 5.47. The lowest BCUT2D eigenvalue weighted by Gasteiger charge is -2.24. The Balaban J connectivity index is 1.48. The second kappa shape index (κ2) is 14.3. The highest BCUT2D eigenvalue weighted by Crippen LogP contribution is 2.28. The van der Waals surface area contributed by atoms with Crippen LogP contribution in [0.25, 0.3) is 11.1 Å². The zero-order valence-electron chi connectivity index (χ0n) is 24.6. The van der Waals surface area contributed by atoms with Gasteiger partial charge in [0.2, 0.25) is 10.0 Å². The van der Waals surface area contributed by atoms with E-state index in [1.54, 1.807) is 66.6 Å². The van der Waals surface area contributed by atoms with E-state index in [4.69, 9.17) is 32.6 Å². The van der Waals surface area contributed by atoms with Crippen molar-refractivity contribution in [2.45, 2.75) is 25.3 Å². The van der Waals surface area contributed by atoms with Gasteiger partial charge in [-0.05, 0) is 65.6 Å². The molecule has 0 bridgehead atoms. The van der Waals surface area contributed by atoms with Gasteiger partial charge < -0.3 is 20.1 Å². The van der Waals surface area contributed by atoms with Crippen molar-refractivity contribution < 1.29 is 22.7 Å². The van der Waals surface area contributed by atoms with Gasteiger partial charge in [-0.2, -0.15) is 0 Å². The molecule has 0 unspecified atom stereocenters. The number of hydrogen-bond acceptors (Lipinski definition) is 6. The summed E-state index contributed by atoms with van der Waals surface area (Å²) in [6.45, 7) is 4.76. The molecule has 4 rings (SSSR count). The third-order valence-electron chi connectivity index (χ3n) is 6.56. The average molecular weight is 631 g/mol. The fraction of sp³-hybridized carbons (Fsp3) is 0.182. The number of aliphatic imine (C=N–C) groups is 1. The molecular weight excluding hydrogens is 597 g/mol. The molecule has 0 aliphatic rings. The van der Waals surface area contributed by atoms with E-state index in [2.05, 4.69) is 4.99 Å². The van der Waals surface area contributed by atoms with Crippen LogP contribution in [0, 0.1) is 5.92 Å². The highest BCUT2D eigenvalue weighted by Gasteiger charge is 2.19. The molecule has 0 atom stereocenters. The van der Waals surface area contributed by atoms with Crippen molar-refractivity contribution in [2.75, 3.05) is 13.7 Å². The summed E-state index contributed by atoms with van der Waals surface area (Å²) < 4.78 is 34.9. The number of methoxy groups -OCH3 is 1. The van der Waals surface area contributed by atoms with Gasteiger partial charge in [0.1, 0.15) is 22.3 Å². The molecule has 0 spiro atoms. The number of ether oxygens (including phenoxy) is 2. The van der Waals surface area contributed by atoms with E-state index in [0.29, 0.717) is 39.7 Å². The Kier molecular flexibility index (Phi) is 10.5. The van der Waals surface area contributed by atoms with Crippen LogP contribution in [0.3, 0.4) is 0 Å². The molecule has 228 valence electrons. The van der Waals surface area contributed by atoms with Gasteiger partial charge in [-0.15, -0.1) is 0 Å². The predicted molar refractivity (Wildman–Crippen MR) is 176 cm³/mol. The number of sulfonamides is 1. The third-order valence-corrected chi connectivity index (χ3v) is 7.86. The van der Waals surface area contributed by atoms with Gasteiger partial charge in [-0.1, -0.05) is 74.6 Å². The summed E-state index contributed by atoms with van der Waals surface area (Å²) in [6, 6.07) is 27.7. The number of thiocarbonyl (C=S) groups is 1. The Morgan fingerprint density at radius 2 is 1.57 bits per heavy atom. The number of amides is 1. The first-order valence-electron chi connectivity index (χ1n) is 13.8. The molecule has 0 saturated carbocycles. The monoisotopic (exact) mass is 630 g/mol. The fourth-order valence-corrected chi connectivity index (χ4v) is 5.48. The maximum atomic E-state index is 13.3. The molecule has 4 aromatic rings. The van der Waals surface area contributed by atoms with E-state index in [1.807, 2.05) is 50.2 Å². The van der Waals surface area contributed by atoms with Crippen LogP contribution in [0.2, 0.25) is 0 Å². The quantitative estimate of drug-likeness (QED) is 0.129. The van der Waals surface area contributed by atoms with Crippen LogP contribution in [0.15, 0.2) is 107 Å². The first kappa shape index (κ1) is 32.3. The summed E-state index contributed by atoms with van der Waals surface area (Å²) in [5.74, 6) is 1.47. The molecule has 0 saturated heterocycles. The molecule has 0 radical (unpaired) electrons. The van der Waals surface area contributed by atoms with E-state index in [1.165, 1.54) is 6.07 Å². The van der Waals surface area contributed by atoms with Gasteiger partial charge in [0.15, 0.2) is 0 Å². The highest BCUT2D eigenvalue weighted by molar-refractivity contribution is 7.89. The number of hydrogen-bond donors (Lipinski definition) is 2. The van der Waals surface area contributed by atoms with E-state index in [-0.39, 0.29) is 23.2 Å². The molecule has 9 nitrogen and oxygen atoms in total. The fourth-order valence-electron chi connectivity index (χ4n) is 4.49. The normalized spacial score (nSPS) is 11.7. The van der Waals surface area contributed by atoms with Crippen LogP contribution in [0.1, 0.15) is 30.5 Å². The average Bonchev–Trinajstić information content (AvgIpc) is 3.00. The minimum absolute atomic E-state index is 0.0170. The lowest BCUT2D eigenvalue weighted by Crippen LogP contribution is -2.36. The van der Waals surface area contributed by atoms with Crippen molar-refractivity contribution in [1.82, 2.24) is 4.90 Å². The predicted octanol–water partition coefficient (Wildman–Crippen LogP) is 5.75. The van der Waals surface area contributed by atoms with Crippen molar-refractivity contribution in [2.24, 2.45) is 21.8 Å². The number of carbonyl (C=O) groups is 1. The Morgan fingerprint density at radius 1 is 0.909 bits per heavy atom. The molecule has 0 fully saturated rings. The Labute approximate surface area is 263 Å². The van der Waals surface area contributed by atoms with Gasteiger partial charge in [-0.25, -0.2) is 23.3 Å². The minimum Gasteiger partial charge on any atom is -0.497 e. The van der Waals surface area contributed by atoms with Crippen LogP contribution in [-0.2, 0) is 16.6 Å². The zero-order chi connectivity index (χ0) is 31.9. The van der Waals surface area contributed by atoms with Gasteiger partial charge in [0.25, 0.3) is 0 Å². The molecule has 11 heteroatoms. The number of primary sulfonamides is 1. The number of rotatable bonds is 10. The Morgan fingerprint density at radius 3 is 2.20 bits per heavy atom. The van der Waals surface area contributed by atoms with Crippen molar-refractivity contribution in [3.8, 4) is 22.6 Å². The van der Waals surface area contributed by atoms with Crippen molar-refractivity contribution in [1.29, 1.82) is 0 Å². The van der Waals surface area contributed by atoms with Crippen molar-refractivity contribution in [3.05, 3.63) is 114 Å². The molecule has 0 heterocycles. The maximum absolute atomic E-state index is 13.3. The second-order valence-electron chi connectivity index (χ2n) is 10.4. The number of nitrogens with zero attached hydrogens (tertiary/aromatic N) is 2. The SMILES string of the molecule is COc1ccc(C(=S)N=C(N)c2cccc(CN(CC(C)C)C(=O)Oc3ccc(-c4ccccc4S(N)(=O)=O)cc3)c2)cc1. The number of carbonyl (C=O) groups excluding carboxylic acids is 1. The smallest absolute Gasteiger partial charge is 0.415 e. The molecular formula is C33H34N4O5S2. The van der Waals surface area contributed by atoms with Crippen LogP contribution in [0.4, 0.5) is 4.79 Å². The minimum atomic E-state index is -3.91. The van der Waals surface area contributed by atoms with E-state index in [0.717, 1.165) is 11.1 Å². The maximum Gasteiger partial charge on any atom is 0.415 e. The molecule has 1 amide bonds. The van der Waals surface area contributed by atoms with Gasteiger partial charge >= 0.3 is 6.09 Å². The second-order valence-corrected chi connectivity index (χ2v) is 12.4.